The van der Waals surface area contributed by atoms with E-state index in [1.807, 2.05) is 37.3 Å². The highest BCUT2D eigenvalue weighted by Crippen LogP contribution is 2.08. The minimum absolute atomic E-state index is 0.282. The first-order chi connectivity index (χ1) is 7.22. The summed E-state index contributed by atoms with van der Waals surface area (Å²) < 4.78 is 0. The molecule has 1 aromatic carbocycles. The summed E-state index contributed by atoms with van der Waals surface area (Å²) in [5, 5.41) is 13.5. The number of amides is 2. The number of carbonyl (C=O) groups is 1. The Labute approximate surface area is 88.9 Å². The van der Waals surface area contributed by atoms with Crippen molar-refractivity contribution in [3.05, 3.63) is 29.8 Å². The van der Waals surface area contributed by atoms with Crippen LogP contribution in [0.4, 0.5) is 10.5 Å². The van der Waals surface area contributed by atoms with Crippen LogP contribution in [0.1, 0.15) is 12.0 Å². The van der Waals surface area contributed by atoms with E-state index in [1.54, 1.807) is 0 Å². The average Bonchev–Trinajstić information content (AvgIpc) is 2.18. The Kier molecular flexibility index (Phi) is 4.17. The van der Waals surface area contributed by atoms with E-state index in [1.165, 1.54) is 0 Å². The number of nitrogens with one attached hydrogen (secondary N) is 2. The topological polar surface area (TPSA) is 64.9 Å². The molecule has 2 amide bonds. The molecular formula is C11H13N3O. The fourth-order valence-electron chi connectivity index (χ4n) is 1.13. The Bertz CT molecular complexity index is 382. The van der Waals surface area contributed by atoms with Gasteiger partial charge in [0.15, 0.2) is 0 Å². The van der Waals surface area contributed by atoms with Crippen molar-refractivity contribution in [2.75, 3.05) is 11.9 Å². The van der Waals surface area contributed by atoms with E-state index in [0.29, 0.717) is 13.0 Å². The van der Waals surface area contributed by atoms with Gasteiger partial charge in [0.05, 0.1) is 12.5 Å². The highest BCUT2D eigenvalue weighted by Gasteiger charge is 1.99. The summed E-state index contributed by atoms with van der Waals surface area (Å²) in [7, 11) is 0. The van der Waals surface area contributed by atoms with Gasteiger partial charge >= 0.3 is 6.03 Å². The molecule has 2 N–H and O–H groups in total. The zero-order valence-corrected chi connectivity index (χ0v) is 8.58. The predicted octanol–water partition coefficient (Wildman–Crippen LogP) is 2.03. The van der Waals surface area contributed by atoms with E-state index in [9.17, 15) is 4.79 Å². The SMILES string of the molecule is Cc1cccc(NC(=O)NCCC#N)c1. The fraction of sp³-hybridized carbons (Fsp3) is 0.273. The first kappa shape index (κ1) is 11.1. The number of carbonyl (C=O) groups excluding carboxylic acids is 1. The van der Waals surface area contributed by atoms with Gasteiger partial charge in [0, 0.05) is 12.2 Å². The van der Waals surface area contributed by atoms with Crippen LogP contribution < -0.4 is 10.6 Å². The molecule has 0 aliphatic carbocycles. The molecule has 0 radical (unpaired) electrons. The van der Waals surface area contributed by atoms with Crippen molar-refractivity contribution in [2.24, 2.45) is 0 Å². The van der Waals surface area contributed by atoms with Gasteiger partial charge in [0.25, 0.3) is 0 Å². The lowest BCUT2D eigenvalue weighted by Gasteiger charge is -2.06. The monoisotopic (exact) mass is 203 g/mol. The van der Waals surface area contributed by atoms with Gasteiger partial charge in [-0.2, -0.15) is 5.26 Å². The van der Waals surface area contributed by atoms with Crippen LogP contribution >= 0.6 is 0 Å². The lowest BCUT2D eigenvalue weighted by atomic mass is 10.2. The summed E-state index contributed by atoms with van der Waals surface area (Å²) in [5.74, 6) is 0. The predicted molar refractivity (Wildman–Crippen MR) is 58.4 cm³/mol. The lowest BCUT2D eigenvalue weighted by Crippen LogP contribution is -2.29. The van der Waals surface area contributed by atoms with Gasteiger partial charge in [-0.3, -0.25) is 0 Å². The van der Waals surface area contributed by atoms with Crippen molar-refractivity contribution in [1.82, 2.24) is 5.32 Å². The molecule has 0 aliphatic heterocycles. The molecule has 0 unspecified atom stereocenters. The normalized spacial score (nSPS) is 9.07. The van der Waals surface area contributed by atoms with Gasteiger partial charge in [0.1, 0.15) is 0 Å². The number of urea groups is 1. The van der Waals surface area contributed by atoms with Gasteiger partial charge in [-0.1, -0.05) is 12.1 Å². The molecular weight excluding hydrogens is 190 g/mol. The van der Waals surface area contributed by atoms with Gasteiger partial charge < -0.3 is 10.6 Å². The highest BCUT2D eigenvalue weighted by molar-refractivity contribution is 5.89. The summed E-state index contributed by atoms with van der Waals surface area (Å²) in [5.41, 5.74) is 1.84. The standard InChI is InChI=1S/C11H13N3O/c1-9-4-2-5-10(8-9)14-11(15)13-7-3-6-12/h2,4-5,8H,3,7H2,1H3,(H2,13,14,15). The second-order valence-electron chi connectivity index (χ2n) is 3.16. The van der Waals surface area contributed by atoms with Crippen LogP contribution in [0.25, 0.3) is 0 Å². The largest absolute Gasteiger partial charge is 0.337 e. The molecule has 4 nitrogen and oxygen atoms in total. The van der Waals surface area contributed by atoms with E-state index < -0.39 is 0 Å². The first-order valence-corrected chi connectivity index (χ1v) is 4.71. The number of nitrogens with zero attached hydrogens (tertiary/aromatic N) is 1. The lowest BCUT2D eigenvalue weighted by molar-refractivity contribution is 0.252. The third-order valence-electron chi connectivity index (χ3n) is 1.80. The van der Waals surface area contributed by atoms with Crippen LogP contribution in [-0.2, 0) is 0 Å². The number of hydrogen-bond acceptors (Lipinski definition) is 2. The minimum Gasteiger partial charge on any atom is -0.337 e. The van der Waals surface area contributed by atoms with E-state index in [2.05, 4.69) is 10.6 Å². The van der Waals surface area contributed by atoms with Crippen LogP contribution in [0, 0.1) is 18.3 Å². The van der Waals surface area contributed by atoms with Crippen LogP contribution in [0.3, 0.4) is 0 Å². The second kappa shape index (κ2) is 5.66. The molecule has 15 heavy (non-hydrogen) atoms. The Morgan fingerprint density at radius 2 is 2.33 bits per heavy atom. The van der Waals surface area contributed by atoms with Crippen LogP contribution in [0.2, 0.25) is 0 Å². The van der Waals surface area contributed by atoms with Crippen molar-refractivity contribution < 1.29 is 4.79 Å². The van der Waals surface area contributed by atoms with E-state index in [4.69, 9.17) is 5.26 Å². The zero-order valence-electron chi connectivity index (χ0n) is 8.58. The molecule has 1 aromatic rings. The van der Waals surface area contributed by atoms with E-state index >= 15 is 0 Å². The Balaban J connectivity index is 2.42. The van der Waals surface area contributed by atoms with Gasteiger partial charge in [-0.05, 0) is 24.6 Å². The number of hydrogen-bond donors (Lipinski definition) is 2. The van der Waals surface area contributed by atoms with Crippen molar-refractivity contribution >= 4 is 11.7 Å². The maximum absolute atomic E-state index is 11.3. The smallest absolute Gasteiger partial charge is 0.319 e. The molecule has 0 atom stereocenters. The van der Waals surface area contributed by atoms with Crippen LogP contribution in [0.5, 0.6) is 0 Å². The minimum atomic E-state index is -0.282. The molecule has 0 bridgehead atoms. The third-order valence-corrected chi connectivity index (χ3v) is 1.80. The Morgan fingerprint density at radius 3 is 3.00 bits per heavy atom. The maximum Gasteiger partial charge on any atom is 0.319 e. The molecule has 1 rings (SSSR count). The van der Waals surface area contributed by atoms with Crippen LogP contribution in [0.15, 0.2) is 24.3 Å². The van der Waals surface area contributed by atoms with Crippen molar-refractivity contribution in [3.63, 3.8) is 0 Å². The zero-order chi connectivity index (χ0) is 11.1. The van der Waals surface area contributed by atoms with E-state index in [0.717, 1.165) is 11.3 Å². The van der Waals surface area contributed by atoms with Crippen LogP contribution in [-0.4, -0.2) is 12.6 Å². The molecule has 0 heterocycles. The number of rotatable bonds is 3. The number of anilines is 1. The summed E-state index contributed by atoms with van der Waals surface area (Å²) >= 11 is 0. The van der Waals surface area contributed by atoms with Gasteiger partial charge in [-0.15, -0.1) is 0 Å². The molecule has 0 saturated carbocycles. The number of aryl methyl sites for hydroxylation is 1. The van der Waals surface area contributed by atoms with E-state index in [-0.39, 0.29) is 6.03 Å². The summed E-state index contributed by atoms with van der Waals surface area (Å²) in [6.07, 6.45) is 0.321. The fourth-order valence-corrected chi connectivity index (χ4v) is 1.13. The van der Waals surface area contributed by atoms with Crippen molar-refractivity contribution in [3.8, 4) is 6.07 Å². The Hall–Kier alpha value is -2.02. The Morgan fingerprint density at radius 1 is 1.53 bits per heavy atom. The van der Waals surface area contributed by atoms with Gasteiger partial charge in [-0.25, -0.2) is 4.79 Å². The molecule has 0 aromatic heterocycles. The first-order valence-electron chi connectivity index (χ1n) is 4.71. The highest BCUT2D eigenvalue weighted by atomic mass is 16.2. The summed E-state index contributed by atoms with van der Waals surface area (Å²) in [4.78, 5) is 11.3. The summed E-state index contributed by atoms with van der Waals surface area (Å²) in [6, 6.07) is 9.20. The molecule has 0 spiro atoms. The molecule has 4 heteroatoms. The molecule has 78 valence electrons. The number of nitriles is 1. The second-order valence-corrected chi connectivity index (χ2v) is 3.16. The third kappa shape index (κ3) is 4.14. The maximum atomic E-state index is 11.3. The molecule has 0 fully saturated rings. The summed E-state index contributed by atoms with van der Waals surface area (Å²) in [6.45, 7) is 2.33. The van der Waals surface area contributed by atoms with Crippen molar-refractivity contribution in [2.45, 2.75) is 13.3 Å². The van der Waals surface area contributed by atoms with Crippen molar-refractivity contribution in [1.29, 1.82) is 5.26 Å². The molecule has 0 saturated heterocycles. The van der Waals surface area contributed by atoms with Gasteiger partial charge in [0.2, 0.25) is 0 Å². The quantitative estimate of drug-likeness (QED) is 0.738. The number of benzene rings is 1. The average molecular weight is 203 g/mol. The molecule has 0 aliphatic rings.